The molecule has 0 aliphatic carbocycles. The van der Waals surface area contributed by atoms with E-state index in [0.29, 0.717) is 25.8 Å². The number of hydrogen-bond donors (Lipinski definition) is 2. The Bertz CT molecular complexity index is 553. The molecule has 4 heteroatoms. The van der Waals surface area contributed by atoms with E-state index in [4.69, 9.17) is 5.11 Å². The molecule has 134 valence electrons. The fourth-order valence-electron chi connectivity index (χ4n) is 2.49. The minimum Gasteiger partial charge on any atom is -0.481 e. The van der Waals surface area contributed by atoms with Crippen LogP contribution < -0.4 is 5.32 Å². The highest BCUT2D eigenvalue weighted by atomic mass is 16.4. The van der Waals surface area contributed by atoms with Crippen LogP contribution in [0.4, 0.5) is 0 Å². The van der Waals surface area contributed by atoms with Crippen LogP contribution in [0, 0.1) is 0 Å². The van der Waals surface area contributed by atoms with Crippen molar-refractivity contribution in [3.8, 4) is 0 Å². The Morgan fingerprint density at radius 2 is 1.42 bits per heavy atom. The maximum absolute atomic E-state index is 11.9. The van der Waals surface area contributed by atoms with Gasteiger partial charge < -0.3 is 10.4 Å². The zero-order valence-electron chi connectivity index (χ0n) is 15.6. The van der Waals surface area contributed by atoms with Gasteiger partial charge in [-0.25, -0.2) is 0 Å². The van der Waals surface area contributed by atoms with Crippen molar-refractivity contribution in [3.05, 3.63) is 35.4 Å². The van der Waals surface area contributed by atoms with E-state index in [-0.39, 0.29) is 23.2 Å². The van der Waals surface area contributed by atoms with Crippen LogP contribution in [-0.4, -0.2) is 23.5 Å². The van der Waals surface area contributed by atoms with Crippen LogP contribution in [0.3, 0.4) is 0 Å². The van der Waals surface area contributed by atoms with Gasteiger partial charge >= 0.3 is 5.97 Å². The summed E-state index contributed by atoms with van der Waals surface area (Å²) in [5.74, 6) is -0.824. The molecule has 0 aliphatic rings. The predicted molar refractivity (Wildman–Crippen MR) is 97.3 cm³/mol. The van der Waals surface area contributed by atoms with Crippen LogP contribution in [0.5, 0.6) is 0 Å². The SMILES string of the molecule is CC(C)(C)c1ccc(C(C)(C)CNC(=O)CCCCC(=O)O)cc1. The van der Waals surface area contributed by atoms with Gasteiger partial charge in [0.1, 0.15) is 0 Å². The number of hydrogen-bond acceptors (Lipinski definition) is 2. The number of unbranched alkanes of at least 4 members (excludes halogenated alkanes) is 1. The smallest absolute Gasteiger partial charge is 0.303 e. The third-order valence-electron chi connectivity index (χ3n) is 4.30. The van der Waals surface area contributed by atoms with Gasteiger partial charge in [-0.05, 0) is 29.4 Å². The molecule has 0 unspecified atom stereocenters. The second kappa shape index (κ2) is 8.32. The molecular formula is C20H31NO3. The molecule has 0 radical (unpaired) electrons. The highest BCUT2D eigenvalue weighted by Crippen LogP contribution is 2.27. The van der Waals surface area contributed by atoms with E-state index < -0.39 is 5.97 Å². The standard InChI is InChI=1S/C20H31NO3/c1-19(2,3)15-10-12-16(13-11-15)20(4,5)14-21-17(22)8-6-7-9-18(23)24/h10-13H,6-9,14H2,1-5H3,(H,21,22)(H,23,24). The number of carbonyl (C=O) groups is 2. The van der Waals surface area contributed by atoms with Crippen LogP contribution in [0.1, 0.15) is 71.4 Å². The zero-order valence-corrected chi connectivity index (χ0v) is 15.6. The van der Waals surface area contributed by atoms with Gasteiger partial charge in [-0.2, -0.15) is 0 Å². The van der Waals surface area contributed by atoms with Crippen LogP contribution in [-0.2, 0) is 20.4 Å². The topological polar surface area (TPSA) is 66.4 Å². The summed E-state index contributed by atoms with van der Waals surface area (Å²) in [5, 5.41) is 11.6. The summed E-state index contributed by atoms with van der Waals surface area (Å²) in [5.41, 5.74) is 2.48. The van der Waals surface area contributed by atoms with Crippen molar-refractivity contribution in [2.45, 2.75) is 71.1 Å². The van der Waals surface area contributed by atoms with Crippen molar-refractivity contribution in [2.24, 2.45) is 0 Å². The Labute approximate surface area is 145 Å². The van der Waals surface area contributed by atoms with E-state index in [1.165, 1.54) is 11.1 Å². The number of carboxylic acid groups (broad SMARTS) is 1. The van der Waals surface area contributed by atoms with E-state index in [1.807, 2.05) is 0 Å². The lowest BCUT2D eigenvalue weighted by atomic mass is 9.81. The second-order valence-electron chi connectivity index (χ2n) is 8.09. The summed E-state index contributed by atoms with van der Waals surface area (Å²) >= 11 is 0. The van der Waals surface area contributed by atoms with Crippen molar-refractivity contribution in [3.63, 3.8) is 0 Å². The predicted octanol–water partition coefficient (Wildman–Crippen LogP) is 4.02. The minimum absolute atomic E-state index is 0.0141. The van der Waals surface area contributed by atoms with E-state index in [1.54, 1.807) is 0 Å². The maximum atomic E-state index is 11.9. The molecule has 0 aromatic heterocycles. The van der Waals surface area contributed by atoms with E-state index >= 15 is 0 Å². The van der Waals surface area contributed by atoms with Crippen LogP contribution in [0.15, 0.2) is 24.3 Å². The third-order valence-corrected chi connectivity index (χ3v) is 4.30. The molecule has 0 aliphatic heterocycles. The molecule has 1 rings (SSSR count). The third kappa shape index (κ3) is 6.73. The normalized spacial score (nSPS) is 12.0. The second-order valence-corrected chi connectivity index (χ2v) is 8.09. The van der Waals surface area contributed by atoms with Crippen molar-refractivity contribution in [2.75, 3.05) is 6.54 Å². The highest BCUT2D eigenvalue weighted by molar-refractivity contribution is 5.76. The van der Waals surface area contributed by atoms with Gasteiger partial charge in [0.15, 0.2) is 0 Å². The summed E-state index contributed by atoms with van der Waals surface area (Å²) in [7, 11) is 0. The fourth-order valence-corrected chi connectivity index (χ4v) is 2.49. The lowest BCUT2D eigenvalue weighted by Crippen LogP contribution is -2.36. The van der Waals surface area contributed by atoms with E-state index in [9.17, 15) is 9.59 Å². The van der Waals surface area contributed by atoms with E-state index in [0.717, 1.165) is 0 Å². The first-order valence-corrected chi connectivity index (χ1v) is 8.62. The summed E-state index contributed by atoms with van der Waals surface area (Å²) in [4.78, 5) is 22.3. The molecule has 0 bridgehead atoms. The van der Waals surface area contributed by atoms with Gasteiger partial charge in [0.05, 0.1) is 0 Å². The molecule has 1 amide bonds. The number of carboxylic acids is 1. The monoisotopic (exact) mass is 333 g/mol. The van der Waals surface area contributed by atoms with Crippen molar-refractivity contribution >= 4 is 11.9 Å². The largest absolute Gasteiger partial charge is 0.481 e. The summed E-state index contributed by atoms with van der Waals surface area (Å²) in [6.45, 7) is 11.4. The molecule has 0 atom stereocenters. The molecule has 2 N–H and O–H groups in total. The number of nitrogens with one attached hydrogen (secondary N) is 1. The molecule has 0 spiro atoms. The van der Waals surface area contributed by atoms with Gasteiger partial charge in [0.2, 0.25) is 5.91 Å². The molecule has 0 heterocycles. The molecule has 0 saturated carbocycles. The molecule has 1 aromatic rings. The first-order chi connectivity index (χ1) is 11.0. The van der Waals surface area contributed by atoms with Crippen molar-refractivity contribution in [1.29, 1.82) is 0 Å². The lowest BCUT2D eigenvalue weighted by Gasteiger charge is -2.27. The molecule has 24 heavy (non-hydrogen) atoms. The minimum atomic E-state index is -0.810. The summed E-state index contributed by atoms with van der Waals surface area (Å²) < 4.78 is 0. The van der Waals surface area contributed by atoms with E-state index in [2.05, 4.69) is 64.2 Å². The lowest BCUT2D eigenvalue weighted by molar-refractivity contribution is -0.137. The van der Waals surface area contributed by atoms with Gasteiger partial charge in [-0.15, -0.1) is 0 Å². The summed E-state index contributed by atoms with van der Waals surface area (Å²) in [6.07, 6.45) is 1.66. The Morgan fingerprint density at radius 3 is 1.92 bits per heavy atom. The molecule has 1 aromatic carbocycles. The van der Waals surface area contributed by atoms with Gasteiger partial charge in [0.25, 0.3) is 0 Å². The van der Waals surface area contributed by atoms with Crippen LogP contribution >= 0.6 is 0 Å². The number of carbonyl (C=O) groups excluding carboxylic acids is 1. The molecule has 0 fully saturated rings. The Balaban J connectivity index is 2.51. The molecule has 4 nitrogen and oxygen atoms in total. The number of rotatable bonds is 8. The van der Waals surface area contributed by atoms with Gasteiger partial charge in [-0.1, -0.05) is 58.9 Å². The van der Waals surface area contributed by atoms with Crippen LogP contribution in [0.2, 0.25) is 0 Å². The average Bonchev–Trinajstić information content (AvgIpc) is 2.49. The maximum Gasteiger partial charge on any atom is 0.303 e. The first kappa shape index (κ1) is 20.2. The van der Waals surface area contributed by atoms with Crippen LogP contribution in [0.25, 0.3) is 0 Å². The summed E-state index contributed by atoms with van der Waals surface area (Å²) in [6, 6.07) is 8.59. The quantitative estimate of drug-likeness (QED) is 0.706. The number of benzene rings is 1. The zero-order chi connectivity index (χ0) is 18.4. The Hall–Kier alpha value is -1.84. The molecular weight excluding hydrogens is 302 g/mol. The fraction of sp³-hybridized carbons (Fsp3) is 0.600. The van der Waals surface area contributed by atoms with Crippen molar-refractivity contribution in [1.82, 2.24) is 5.32 Å². The van der Waals surface area contributed by atoms with Crippen molar-refractivity contribution < 1.29 is 14.7 Å². The Morgan fingerprint density at radius 1 is 0.917 bits per heavy atom. The highest BCUT2D eigenvalue weighted by Gasteiger charge is 2.22. The average molecular weight is 333 g/mol. The first-order valence-electron chi connectivity index (χ1n) is 8.62. The van der Waals surface area contributed by atoms with Gasteiger partial charge in [0, 0.05) is 24.8 Å². The number of amides is 1. The van der Waals surface area contributed by atoms with Gasteiger partial charge in [-0.3, -0.25) is 9.59 Å². The Kier molecular flexibility index (Phi) is 7.00. The number of aliphatic carboxylic acids is 1. The molecule has 0 saturated heterocycles.